The Morgan fingerprint density at radius 2 is 1.94 bits per heavy atom. The van der Waals surface area contributed by atoms with E-state index in [1.165, 1.54) is 6.07 Å². The van der Waals surface area contributed by atoms with Gasteiger partial charge in [-0.1, -0.05) is 0 Å². The fraction of sp³-hybridized carbons (Fsp3) is 0.571. The van der Waals surface area contributed by atoms with Crippen LogP contribution < -0.4 is 10.5 Å². The third-order valence-corrected chi connectivity index (χ3v) is 7.89. The van der Waals surface area contributed by atoms with Crippen molar-refractivity contribution in [1.82, 2.24) is 14.8 Å². The third-order valence-electron chi connectivity index (χ3n) is 7.08. The summed E-state index contributed by atoms with van der Waals surface area (Å²) < 4.78 is 94.3. The average Bonchev–Trinajstić information content (AvgIpc) is 3.64. The number of rotatable bonds is 6. The van der Waals surface area contributed by atoms with E-state index in [0.29, 0.717) is 19.3 Å². The molecule has 2 heterocycles. The number of amides is 1. The number of carbonyl (C=O) groups excluding carboxylic acids is 1. The third kappa shape index (κ3) is 4.65. The Kier molecular flexibility index (Phi) is 5.30. The number of pyridine rings is 1. The quantitative estimate of drug-likeness (QED) is 0.561. The van der Waals surface area contributed by atoms with Crippen LogP contribution >= 0.6 is 0 Å². The molecule has 14 heteroatoms. The number of sulfonamides is 1. The Labute approximate surface area is 197 Å². The van der Waals surface area contributed by atoms with Crippen LogP contribution in [0, 0.1) is 11.3 Å². The average molecular weight is 519 g/mol. The minimum atomic E-state index is -4.88. The van der Waals surface area contributed by atoms with Crippen molar-refractivity contribution in [2.75, 3.05) is 5.32 Å². The second-order valence-corrected chi connectivity index (χ2v) is 11.3. The minimum Gasteiger partial charge on any atom is -0.320 e. The molecule has 2 unspecified atom stereocenters. The SMILES string of the molecule is NS(=O)(=O)c1cc(NC(=O)c2c(C(F)(F)F)c(C3CC3)nn2CC23CCC(F)(F)CC2C3)ccn1. The van der Waals surface area contributed by atoms with Crippen LogP contribution in [-0.2, 0) is 22.7 Å². The van der Waals surface area contributed by atoms with Gasteiger partial charge in [-0.25, -0.2) is 27.3 Å². The number of halogens is 5. The summed E-state index contributed by atoms with van der Waals surface area (Å²) in [5, 5.41) is 10.9. The Morgan fingerprint density at radius 3 is 2.54 bits per heavy atom. The highest BCUT2D eigenvalue weighted by Gasteiger charge is 2.61. The molecule has 0 saturated heterocycles. The summed E-state index contributed by atoms with van der Waals surface area (Å²) in [5.41, 5.74) is -2.83. The highest BCUT2D eigenvalue weighted by molar-refractivity contribution is 7.89. The van der Waals surface area contributed by atoms with Gasteiger partial charge in [0.1, 0.15) is 11.3 Å². The van der Waals surface area contributed by atoms with Crippen LogP contribution in [0.25, 0.3) is 0 Å². The van der Waals surface area contributed by atoms with Crippen molar-refractivity contribution >= 4 is 21.6 Å². The molecule has 0 aromatic carbocycles. The highest BCUT2D eigenvalue weighted by Crippen LogP contribution is 2.65. The van der Waals surface area contributed by atoms with Crippen LogP contribution in [0.2, 0.25) is 0 Å². The first-order valence-corrected chi connectivity index (χ1v) is 12.6. The number of aromatic nitrogens is 3. The van der Waals surface area contributed by atoms with Gasteiger partial charge in [0.05, 0.1) is 5.69 Å². The van der Waals surface area contributed by atoms with Gasteiger partial charge in [0.25, 0.3) is 15.9 Å². The van der Waals surface area contributed by atoms with Crippen molar-refractivity contribution in [3.8, 4) is 0 Å². The molecule has 3 N–H and O–H groups in total. The Hall–Kier alpha value is -2.61. The molecule has 0 spiro atoms. The molecule has 35 heavy (non-hydrogen) atoms. The zero-order chi connectivity index (χ0) is 25.4. The number of nitrogens with zero attached hydrogens (tertiary/aromatic N) is 3. The van der Waals surface area contributed by atoms with E-state index in [-0.39, 0.29) is 43.1 Å². The van der Waals surface area contributed by atoms with Crippen LogP contribution in [0.4, 0.5) is 27.6 Å². The number of alkyl halides is 5. The second kappa shape index (κ2) is 7.69. The largest absolute Gasteiger partial charge is 0.420 e. The van der Waals surface area contributed by atoms with Crippen LogP contribution in [0.3, 0.4) is 0 Å². The summed E-state index contributed by atoms with van der Waals surface area (Å²) >= 11 is 0. The molecule has 3 fully saturated rings. The van der Waals surface area contributed by atoms with Crippen LogP contribution in [0.15, 0.2) is 23.4 Å². The van der Waals surface area contributed by atoms with E-state index in [0.717, 1.165) is 16.9 Å². The van der Waals surface area contributed by atoms with Crippen molar-refractivity contribution in [1.29, 1.82) is 0 Å². The van der Waals surface area contributed by atoms with Gasteiger partial charge >= 0.3 is 6.18 Å². The number of nitrogens with one attached hydrogen (secondary N) is 1. The molecule has 2 aromatic heterocycles. The van der Waals surface area contributed by atoms with E-state index in [9.17, 15) is 35.2 Å². The first-order valence-electron chi connectivity index (χ1n) is 11.0. The van der Waals surface area contributed by atoms with Crippen LogP contribution in [0.1, 0.15) is 66.2 Å². The van der Waals surface area contributed by atoms with Crippen molar-refractivity contribution in [2.24, 2.45) is 16.5 Å². The van der Waals surface area contributed by atoms with Crippen molar-refractivity contribution in [3.05, 3.63) is 35.3 Å². The highest BCUT2D eigenvalue weighted by atomic mass is 32.2. The van der Waals surface area contributed by atoms with Gasteiger partial charge in [0.15, 0.2) is 5.03 Å². The van der Waals surface area contributed by atoms with Gasteiger partial charge < -0.3 is 5.32 Å². The van der Waals surface area contributed by atoms with Gasteiger partial charge in [-0.2, -0.15) is 18.3 Å². The van der Waals surface area contributed by atoms with Crippen molar-refractivity contribution < 1.29 is 35.2 Å². The lowest BCUT2D eigenvalue weighted by Crippen LogP contribution is -2.30. The molecule has 5 rings (SSSR count). The van der Waals surface area contributed by atoms with Crippen molar-refractivity contribution in [2.45, 2.75) is 68.1 Å². The van der Waals surface area contributed by atoms with E-state index in [4.69, 9.17) is 5.14 Å². The van der Waals surface area contributed by atoms with Crippen molar-refractivity contribution in [3.63, 3.8) is 0 Å². The number of carbonyl (C=O) groups is 1. The summed E-state index contributed by atoms with van der Waals surface area (Å²) in [7, 11) is -4.22. The topological polar surface area (TPSA) is 120 Å². The monoisotopic (exact) mass is 519 g/mol. The maximum atomic E-state index is 14.2. The molecule has 1 amide bonds. The zero-order valence-corrected chi connectivity index (χ0v) is 19.1. The van der Waals surface area contributed by atoms with Gasteiger partial charge in [-0.05, 0) is 43.1 Å². The fourth-order valence-electron chi connectivity index (χ4n) is 5.07. The molecular formula is C21H22F5N5O3S. The standard InChI is InChI=1S/C21H22F5N5O3S/c22-20(23)5-4-19(8-12(19)9-20)10-31-17(15(21(24,25)26)16(30-31)11-1-2-11)18(32)29-13-3-6-28-14(7-13)35(27,33)34/h3,6-7,11-12H,1-2,4-5,8-10H2,(H2,27,33,34)(H,28,29,32). The van der Waals surface area contributed by atoms with Gasteiger partial charge in [-0.3, -0.25) is 9.48 Å². The predicted molar refractivity (Wildman–Crippen MR) is 112 cm³/mol. The van der Waals surface area contributed by atoms with E-state index in [2.05, 4.69) is 15.4 Å². The Balaban J connectivity index is 1.52. The number of nitrogens with two attached hydrogens (primary N) is 1. The van der Waals surface area contributed by atoms with Crippen LogP contribution in [-0.4, -0.2) is 35.0 Å². The summed E-state index contributed by atoms with van der Waals surface area (Å²) in [6.07, 6.45) is -2.95. The molecule has 8 nitrogen and oxygen atoms in total. The minimum absolute atomic E-state index is 0.0783. The molecule has 0 aliphatic heterocycles. The lowest BCUT2D eigenvalue weighted by atomic mass is 9.86. The zero-order valence-electron chi connectivity index (χ0n) is 18.3. The van der Waals surface area contributed by atoms with E-state index in [1.54, 1.807) is 0 Å². The molecule has 0 radical (unpaired) electrons. The molecule has 190 valence electrons. The number of fused-ring (bicyclic) bond motifs is 1. The summed E-state index contributed by atoms with van der Waals surface area (Å²) in [5.74, 6) is -4.72. The Bertz CT molecular complexity index is 1300. The lowest BCUT2D eigenvalue weighted by molar-refractivity contribution is -0.138. The van der Waals surface area contributed by atoms with Gasteiger partial charge in [0.2, 0.25) is 5.92 Å². The predicted octanol–water partition coefficient (Wildman–Crippen LogP) is 3.90. The molecular weight excluding hydrogens is 497 g/mol. The van der Waals surface area contributed by atoms with Gasteiger partial charge in [0, 0.05) is 43.3 Å². The molecule has 2 aromatic rings. The second-order valence-electron chi connectivity index (χ2n) is 9.74. The molecule has 3 aliphatic carbocycles. The first-order chi connectivity index (χ1) is 16.2. The molecule has 2 atom stereocenters. The Morgan fingerprint density at radius 1 is 1.23 bits per heavy atom. The number of anilines is 1. The normalized spacial score (nSPS) is 25.7. The maximum absolute atomic E-state index is 14.2. The van der Waals surface area contributed by atoms with Crippen LogP contribution in [0.5, 0.6) is 0 Å². The smallest absolute Gasteiger partial charge is 0.320 e. The number of primary sulfonamides is 1. The molecule has 0 bridgehead atoms. The summed E-state index contributed by atoms with van der Waals surface area (Å²) in [4.78, 5) is 16.8. The summed E-state index contributed by atoms with van der Waals surface area (Å²) in [6, 6.07) is 2.14. The fourth-order valence-corrected chi connectivity index (χ4v) is 5.57. The first kappa shape index (κ1) is 24.1. The number of hydrogen-bond donors (Lipinski definition) is 2. The maximum Gasteiger partial charge on any atom is 0.420 e. The number of hydrogen-bond acceptors (Lipinski definition) is 5. The molecule has 3 aliphatic rings. The van der Waals surface area contributed by atoms with Gasteiger partial charge in [-0.15, -0.1) is 0 Å². The molecule has 3 saturated carbocycles. The van der Waals surface area contributed by atoms with E-state index < -0.39 is 55.6 Å². The lowest BCUT2D eigenvalue weighted by Gasteiger charge is -2.28. The van der Waals surface area contributed by atoms with E-state index >= 15 is 0 Å². The summed E-state index contributed by atoms with van der Waals surface area (Å²) in [6.45, 7) is -0.0783. The van der Waals surface area contributed by atoms with E-state index in [1.807, 2.05) is 0 Å².